The number of carbonyl (C=O) groups is 1. The van der Waals surface area contributed by atoms with Crippen LogP contribution in [0.15, 0.2) is 47.3 Å². The summed E-state index contributed by atoms with van der Waals surface area (Å²) in [6.45, 7) is 0.693. The van der Waals surface area contributed by atoms with E-state index in [4.69, 9.17) is 4.42 Å². The van der Waals surface area contributed by atoms with Gasteiger partial charge in [0.25, 0.3) is 5.91 Å². The molecule has 2 aromatic heterocycles. The number of nitrogens with one attached hydrogen (secondary N) is 1. The first-order valence-corrected chi connectivity index (χ1v) is 8.23. The van der Waals surface area contributed by atoms with E-state index in [2.05, 4.69) is 10.4 Å². The summed E-state index contributed by atoms with van der Waals surface area (Å²) in [6.07, 6.45) is 5.60. The summed E-state index contributed by atoms with van der Waals surface area (Å²) < 4.78 is 20.8. The summed E-state index contributed by atoms with van der Waals surface area (Å²) in [5.41, 5.74) is 0.488. The van der Waals surface area contributed by atoms with Gasteiger partial charge in [0, 0.05) is 24.3 Å². The molecule has 3 atom stereocenters. The van der Waals surface area contributed by atoms with Crippen molar-refractivity contribution >= 4 is 16.9 Å². The number of furan rings is 1. The summed E-state index contributed by atoms with van der Waals surface area (Å²) >= 11 is 0. The van der Waals surface area contributed by atoms with Gasteiger partial charge in [0.1, 0.15) is 11.4 Å². The second-order valence-corrected chi connectivity index (χ2v) is 6.51. The number of amides is 1. The first-order chi connectivity index (χ1) is 12.1. The Morgan fingerprint density at radius 1 is 1.44 bits per heavy atom. The summed E-state index contributed by atoms with van der Waals surface area (Å²) in [4.78, 5) is 12.6. The summed E-state index contributed by atoms with van der Waals surface area (Å²) in [5.74, 6) is -0.720. The van der Waals surface area contributed by atoms with Crippen molar-refractivity contribution in [1.29, 1.82) is 0 Å². The molecule has 0 bridgehead atoms. The van der Waals surface area contributed by atoms with Crippen molar-refractivity contribution in [2.75, 3.05) is 0 Å². The van der Waals surface area contributed by atoms with E-state index in [1.807, 2.05) is 16.9 Å². The van der Waals surface area contributed by atoms with Gasteiger partial charge in [0.05, 0.1) is 24.0 Å². The van der Waals surface area contributed by atoms with Crippen molar-refractivity contribution in [3.63, 3.8) is 0 Å². The highest BCUT2D eigenvalue weighted by atomic mass is 19.1. The topological polar surface area (TPSA) is 80.3 Å². The predicted molar refractivity (Wildman–Crippen MR) is 88.4 cm³/mol. The number of halogens is 1. The molecular formula is C18H18FN3O3. The van der Waals surface area contributed by atoms with Gasteiger partial charge < -0.3 is 14.8 Å². The van der Waals surface area contributed by atoms with Crippen LogP contribution in [0.5, 0.6) is 0 Å². The van der Waals surface area contributed by atoms with Crippen LogP contribution in [-0.4, -0.2) is 32.9 Å². The second kappa shape index (κ2) is 6.33. The molecule has 7 heteroatoms. The van der Waals surface area contributed by atoms with Crippen LogP contribution in [-0.2, 0) is 6.54 Å². The Bertz CT molecular complexity index is 890. The van der Waals surface area contributed by atoms with Crippen LogP contribution < -0.4 is 5.32 Å². The zero-order valence-corrected chi connectivity index (χ0v) is 13.4. The second-order valence-electron chi connectivity index (χ2n) is 6.51. The van der Waals surface area contributed by atoms with Crippen molar-refractivity contribution in [1.82, 2.24) is 15.1 Å². The molecule has 1 aliphatic rings. The maximum atomic E-state index is 13.7. The quantitative estimate of drug-likeness (QED) is 0.762. The van der Waals surface area contributed by atoms with Crippen LogP contribution in [0.25, 0.3) is 11.0 Å². The monoisotopic (exact) mass is 343 g/mol. The Labute approximate surface area is 143 Å². The molecule has 1 fully saturated rings. The summed E-state index contributed by atoms with van der Waals surface area (Å²) in [5, 5.41) is 17.8. The number of hydrogen-bond donors (Lipinski definition) is 2. The van der Waals surface area contributed by atoms with Gasteiger partial charge in [-0.1, -0.05) is 0 Å². The molecule has 0 aliphatic heterocycles. The number of carbonyl (C=O) groups excluding carboxylic acids is 1. The Kier molecular flexibility index (Phi) is 4.01. The summed E-state index contributed by atoms with van der Waals surface area (Å²) in [7, 11) is 0. The van der Waals surface area contributed by atoms with Crippen LogP contribution in [0.2, 0.25) is 0 Å². The van der Waals surface area contributed by atoms with Crippen LogP contribution in [0.3, 0.4) is 0 Å². The molecule has 1 amide bonds. The minimum absolute atomic E-state index is 0.141. The molecule has 1 unspecified atom stereocenters. The van der Waals surface area contributed by atoms with E-state index >= 15 is 0 Å². The maximum absolute atomic E-state index is 13.7. The molecular weight excluding hydrogens is 325 g/mol. The number of nitrogens with zero attached hydrogens (tertiary/aromatic N) is 2. The van der Waals surface area contributed by atoms with E-state index in [9.17, 15) is 14.3 Å². The lowest BCUT2D eigenvalue weighted by Gasteiger charge is -2.16. The van der Waals surface area contributed by atoms with Gasteiger partial charge in [0.15, 0.2) is 0 Å². The third-order valence-electron chi connectivity index (χ3n) is 4.71. The SMILES string of the molecule is O=C(N[C@@H]1CC(Cn2cccn2)C[C@H]1O)c1cc(F)cc2ccoc12. The Balaban J connectivity index is 1.47. The zero-order valence-electron chi connectivity index (χ0n) is 13.4. The van der Waals surface area contributed by atoms with Crippen molar-refractivity contribution in [2.45, 2.75) is 31.5 Å². The highest BCUT2D eigenvalue weighted by molar-refractivity contribution is 6.05. The van der Waals surface area contributed by atoms with Crippen molar-refractivity contribution in [3.05, 3.63) is 54.3 Å². The first-order valence-electron chi connectivity index (χ1n) is 8.23. The van der Waals surface area contributed by atoms with Gasteiger partial charge in [-0.15, -0.1) is 0 Å². The van der Waals surface area contributed by atoms with Gasteiger partial charge in [-0.25, -0.2) is 4.39 Å². The zero-order chi connectivity index (χ0) is 17.4. The molecule has 1 aliphatic carbocycles. The lowest BCUT2D eigenvalue weighted by molar-refractivity contribution is 0.0873. The van der Waals surface area contributed by atoms with E-state index in [1.165, 1.54) is 12.3 Å². The highest BCUT2D eigenvalue weighted by Crippen LogP contribution is 2.28. The Hall–Kier alpha value is -2.67. The predicted octanol–water partition coefficient (Wildman–Crippen LogP) is 2.34. The molecule has 25 heavy (non-hydrogen) atoms. The number of fused-ring (bicyclic) bond motifs is 1. The molecule has 0 saturated heterocycles. The lowest BCUT2D eigenvalue weighted by atomic mass is 10.1. The molecule has 0 radical (unpaired) electrons. The van der Waals surface area contributed by atoms with Crippen LogP contribution >= 0.6 is 0 Å². The normalized spacial score (nSPS) is 23.2. The van der Waals surface area contributed by atoms with Crippen molar-refractivity contribution in [2.24, 2.45) is 5.92 Å². The minimum atomic E-state index is -0.634. The minimum Gasteiger partial charge on any atom is -0.464 e. The molecule has 1 aromatic carbocycles. The van der Waals surface area contributed by atoms with Gasteiger partial charge in [-0.2, -0.15) is 5.10 Å². The first kappa shape index (κ1) is 15.8. The van der Waals surface area contributed by atoms with Gasteiger partial charge in [0.2, 0.25) is 0 Å². The van der Waals surface area contributed by atoms with E-state index in [1.54, 1.807) is 12.3 Å². The maximum Gasteiger partial charge on any atom is 0.255 e. The molecule has 3 aromatic rings. The third kappa shape index (κ3) is 3.15. The number of aliphatic hydroxyl groups excluding tert-OH is 1. The molecule has 0 spiro atoms. The molecule has 130 valence electrons. The van der Waals surface area contributed by atoms with Crippen LogP contribution in [0.1, 0.15) is 23.2 Å². The molecule has 6 nitrogen and oxygen atoms in total. The van der Waals surface area contributed by atoms with Crippen molar-refractivity contribution < 1.29 is 18.7 Å². The van der Waals surface area contributed by atoms with Gasteiger partial charge >= 0.3 is 0 Å². The molecule has 2 N–H and O–H groups in total. The smallest absolute Gasteiger partial charge is 0.255 e. The Morgan fingerprint density at radius 3 is 3.12 bits per heavy atom. The standard InChI is InChI=1S/C18H18FN3O3/c19-13-8-12-2-5-25-17(12)14(9-13)18(24)21-15-6-11(7-16(15)23)10-22-4-1-3-20-22/h1-5,8-9,11,15-16,23H,6-7,10H2,(H,21,24)/t11?,15-,16-/m1/s1. The average Bonchev–Trinajstić information content (AvgIpc) is 3.29. The average molecular weight is 343 g/mol. The highest BCUT2D eigenvalue weighted by Gasteiger charge is 2.34. The van der Waals surface area contributed by atoms with Gasteiger partial charge in [-0.05, 0) is 43.0 Å². The lowest BCUT2D eigenvalue weighted by Crippen LogP contribution is -2.40. The molecule has 2 heterocycles. The van der Waals surface area contributed by atoms with Crippen LogP contribution in [0, 0.1) is 11.7 Å². The van der Waals surface area contributed by atoms with E-state index in [0.29, 0.717) is 30.4 Å². The number of rotatable bonds is 4. The molecule has 4 rings (SSSR count). The third-order valence-corrected chi connectivity index (χ3v) is 4.71. The largest absolute Gasteiger partial charge is 0.464 e. The number of benzene rings is 1. The number of hydrogen-bond acceptors (Lipinski definition) is 4. The summed E-state index contributed by atoms with van der Waals surface area (Å²) in [6, 6.07) is 5.56. The fourth-order valence-electron chi connectivity index (χ4n) is 3.56. The van der Waals surface area contributed by atoms with Crippen LogP contribution in [0.4, 0.5) is 4.39 Å². The Morgan fingerprint density at radius 2 is 2.32 bits per heavy atom. The van der Waals surface area contributed by atoms with Gasteiger partial charge in [-0.3, -0.25) is 9.48 Å². The van der Waals surface area contributed by atoms with Crippen molar-refractivity contribution in [3.8, 4) is 0 Å². The fraction of sp³-hybridized carbons (Fsp3) is 0.333. The van der Waals surface area contributed by atoms with E-state index in [-0.39, 0.29) is 17.5 Å². The number of aliphatic hydroxyl groups is 1. The molecule has 1 saturated carbocycles. The van der Waals surface area contributed by atoms with E-state index < -0.39 is 17.8 Å². The van der Waals surface area contributed by atoms with E-state index in [0.717, 1.165) is 6.07 Å². The fourth-order valence-corrected chi connectivity index (χ4v) is 3.56. The number of aromatic nitrogens is 2.